The van der Waals surface area contributed by atoms with Crippen molar-refractivity contribution in [2.45, 2.75) is 6.04 Å². The summed E-state index contributed by atoms with van der Waals surface area (Å²) >= 11 is 0. The van der Waals surface area contributed by atoms with Crippen LogP contribution in [0.3, 0.4) is 0 Å². The average Bonchev–Trinajstić information content (AvgIpc) is 2.17. The molecule has 5 nitrogen and oxygen atoms in total. The molecule has 0 spiro atoms. The minimum atomic E-state index is -0.892. The predicted molar refractivity (Wildman–Crippen MR) is 41.0 cm³/mol. The van der Waals surface area contributed by atoms with E-state index >= 15 is 0 Å². The summed E-state index contributed by atoms with van der Waals surface area (Å²) < 4.78 is 4.42. The van der Waals surface area contributed by atoms with Gasteiger partial charge in [0.25, 0.3) is 0 Å². The molecule has 0 amide bonds. The second kappa shape index (κ2) is 3.77. The molecule has 0 fully saturated rings. The zero-order valence-corrected chi connectivity index (χ0v) is 6.60. The summed E-state index contributed by atoms with van der Waals surface area (Å²) in [6.07, 6.45) is 3.04. The molecule has 0 saturated carbocycles. The van der Waals surface area contributed by atoms with E-state index in [9.17, 15) is 4.79 Å². The smallest absolute Gasteiger partial charge is 0.330 e. The van der Waals surface area contributed by atoms with Crippen LogP contribution in [-0.2, 0) is 9.53 Å². The van der Waals surface area contributed by atoms with Crippen LogP contribution >= 0.6 is 0 Å². The number of esters is 1. The van der Waals surface area contributed by atoms with Gasteiger partial charge in [-0.1, -0.05) is 0 Å². The van der Waals surface area contributed by atoms with Crippen molar-refractivity contribution < 1.29 is 9.53 Å². The molecule has 0 saturated heterocycles. The Labute approximate surface area is 69.6 Å². The maximum atomic E-state index is 10.9. The van der Waals surface area contributed by atoms with Crippen LogP contribution < -0.4 is 5.73 Å². The molecule has 0 radical (unpaired) electrons. The van der Waals surface area contributed by atoms with E-state index < -0.39 is 12.0 Å². The van der Waals surface area contributed by atoms with E-state index in [1.165, 1.54) is 19.5 Å². The Kier molecular flexibility index (Phi) is 2.71. The van der Waals surface area contributed by atoms with E-state index in [1.54, 1.807) is 6.07 Å². The Bertz CT molecular complexity index is 263. The highest BCUT2D eigenvalue weighted by molar-refractivity contribution is 5.75. The third-order valence-electron chi connectivity index (χ3n) is 1.32. The Balaban J connectivity index is 2.78. The van der Waals surface area contributed by atoms with Gasteiger partial charge in [-0.15, -0.1) is 0 Å². The van der Waals surface area contributed by atoms with Crippen LogP contribution in [-0.4, -0.2) is 23.0 Å². The standard InChI is InChI=1S/C7H9N3O2/c1-12-7(11)5(8)6-9-3-2-4-10-6/h2-5H,8H2,1H3. The number of methoxy groups -OCH3 is 1. The van der Waals surface area contributed by atoms with Crippen LogP contribution in [0.25, 0.3) is 0 Å². The Hall–Kier alpha value is -1.49. The number of rotatable bonds is 2. The molecule has 5 heteroatoms. The van der Waals surface area contributed by atoms with Crippen molar-refractivity contribution in [1.29, 1.82) is 0 Å². The van der Waals surface area contributed by atoms with Crippen molar-refractivity contribution in [3.8, 4) is 0 Å². The van der Waals surface area contributed by atoms with E-state index in [-0.39, 0.29) is 5.82 Å². The van der Waals surface area contributed by atoms with Gasteiger partial charge in [0.15, 0.2) is 11.9 Å². The van der Waals surface area contributed by atoms with Gasteiger partial charge in [-0.3, -0.25) is 0 Å². The molecule has 2 N–H and O–H groups in total. The second-order valence-corrected chi connectivity index (χ2v) is 2.11. The number of carbonyl (C=O) groups excluding carboxylic acids is 1. The third-order valence-corrected chi connectivity index (χ3v) is 1.32. The first-order chi connectivity index (χ1) is 5.75. The van der Waals surface area contributed by atoms with E-state index in [4.69, 9.17) is 5.73 Å². The van der Waals surface area contributed by atoms with Gasteiger partial charge >= 0.3 is 5.97 Å². The molecule has 64 valence electrons. The highest BCUT2D eigenvalue weighted by atomic mass is 16.5. The summed E-state index contributed by atoms with van der Waals surface area (Å²) in [5.74, 6) is -0.273. The second-order valence-electron chi connectivity index (χ2n) is 2.11. The molecule has 12 heavy (non-hydrogen) atoms. The van der Waals surface area contributed by atoms with E-state index in [0.29, 0.717) is 0 Å². The molecule has 0 aliphatic rings. The lowest BCUT2D eigenvalue weighted by molar-refractivity contribution is -0.142. The molecular formula is C7H9N3O2. The minimum Gasteiger partial charge on any atom is -0.468 e. The SMILES string of the molecule is COC(=O)C(N)c1ncccn1. The van der Waals surface area contributed by atoms with Gasteiger partial charge in [0.05, 0.1) is 7.11 Å². The zero-order valence-electron chi connectivity index (χ0n) is 6.60. The maximum absolute atomic E-state index is 10.9. The van der Waals surface area contributed by atoms with Crippen LogP contribution in [0.15, 0.2) is 18.5 Å². The molecule has 0 aliphatic carbocycles. The summed E-state index contributed by atoms with van der Waals surface area (Å²) in [4.78, 5) is 18.5. The molecule has 1 heterocycles. The molecule has 1 unspecified atom stereocenters. The van der Waals surface area contributed by atoms with Crippen molar-refractivity contribution in [1.82, 2.24) is 9.97 Å². The summed E-state index contributed by atoms with van der Waals surface area (Å²) in [6.45, 7) is 0. The first kappa shape index (κ1) is 8.61. The number of ether oxygens (including phenoxy) is 1. The van der Waals surface area contributed by atoms with E-state index in [2.05, 4.69) is 14.7 Å². The fraction of sp³-hybridized carbons (Fsp3) is 0.286. The molecule has 1 aromatic heterocycles. The molecular weight excluding hydrogens is 158 g/mol. The number of hydrogen-bond donors (Lipinski definition) is 1. The predicted octanol–water partition coefficient (Wildman–Crippen LogP) is -0.351. The van der Waals surface area contributed by atoms with Gasteiger partial charge in [-0.05, 0) is 6.07 Å². The first-order valence-corrected chi connectivity index (χ1v) is 3.36. The first-order valence-electron chi connectivity index (χ1n) is 3.36. The van der Waals surface area contributed by atoms with Gasteiger partial charge in [0.2, 0.25) is 0 Å². The lowest BCUT2D eigenvalue weighted by Crippen LogP contribution is -2.24. The lowest BCUT2D eigenvalue weighted by Gasteiger charge is -2.05. The fourth-order valence-electron chi connectivity index (χ4n) is 0.704. The van der Waals surface area contributed by atoms with Gasteiger partial charge in [0, 0.05) is 12.4 Å². The van der Waals surface area contributed by atoms with Crippen LogP contribution in [0, 0.1) is 0 Å². The van der Waals surface area contributed by atoms with Crippen molar-refractivity contribution in [3.05, 3.63) is 24.3 Å². The monoisotopic (exact) mass is 167 g/mol. The maximum Gasteiger partial charge on any atom is 0.330 e. The van der Waals surface area contributed by atoms with Gasteiger partial charge in [0.1, 0.15) is 0 Å². The van der Waals surface area contributed by atoms with Crippen LogP contribution in [0.4, 0.5) is 0 Å². The minimum absolute atomic E-state index is 0.268. The van der Waals surface area contributed by atoms with Crippen LogP contribution in [0.2, 0.25) is 0 Å². The third kappa shape index (κ3) is 1.76. The van der Waals surface area contributed by atoms with Gasteiger partial charge in [-0.25, -0.2) is 14.8 Å². The largest absolute Gasteiger partial charge is 0.468 e. The average molecular weight is 167 g/mol. The van der Waals surface area contributed by atoms with Crippen molar-refractivity contribution in [3.63, 3.8) is 0 Å². The molecule has 0 bridgehead atoms. The normalized spacial score (nSPS) is 12.2. The van der Waals surface area contributed by atoms with Crippen LogP contribution in [0.5, 0.6) is 0 Å². The number of nitrogens with zero attached hydrogens (tertiary/aromatic N) is 2. The summed E-state index contributed by atoms with van der Waals surface area (Å²) in [5.41, 5.74) is 5.45. The fourth-order valence-corrected chi connectivity index (χ4v) is 0.704. The zero-order chi connectivity index (χ0) is 8.97. The summed E-state index contributed by atoms with van der Waals surface area (Å²) in [7, 11) is 1.27. The van der Waals surface area contributed by atoms with Crippen molar-refractivity contribution in [2.24, 2.45) is 5.73 Å². The van der Waals surface area contributed by atoms with Crippen molar-refractivity contribution >= 4 is 5.97 Å². The molecule has 1 rings (SSSR count). The highest BCUT2D eigenvalue weighted by Gasteiger charge is 2.17. The molecule has 1 atom stereocenters. The highest BCUT2D eigenvalue weighted by Crippen LogP contribution is 2.03. The number of hydrogen-bond acceptors (Lipinski definition) is 5. The summed E-state index contributed by atoms with van der Waals surface area (Å²) in [6, 6.07) is 0.754. The van der Waals surface area contributed by atoms with Gasteiger partial charge in [-0.2, -0.15) is 0 Å². The van der Waals surface area contributed by atoms with E-state index in [0.717, 1.165) is 0 Å². The number of aromatic nitrogens is 2. The summed E-state index contributed by atoms with van der Waals surface area (Å²) in [5, 5.41) is 0. The van der Waals surface area contributed by atoms with E-state index in [1.807, 2.05) is 0 Å². The Morgan fingerprint density at radius 3 is 2.67 bits per heavy atom. The Morgan fingerprint density at radius 1 is 1.58 bits per heavy atom. The number of carbonyl (C=O) groups is 1. The van der Waals surface area contributed by atoms with Gasteiger partial charge < -0.3 is 10.5 Å². The number of nitrogens with two attached hydrogens (primary N) is 1. The Morgan fingerprint density at radius 2 is 2.17 bits per heavy atom. The molecule has 0 aromatic carbocycles. The lowest BCUT2D eigenvalue weighted by atomic mass is 10.3. The topological polar surface area (TPSA) is 78.1 Å². The van der Waals surface area contributed by atoms with Crippen molar-refractivity contribution in [2.75, 3.05) is 7.11 Å². The molecule has 0 aliphatic heterocycles. The molecule has 1 aromatic rings. The van der Waals surface area contributed by atoms with Crippen LogP contribution in [0.1, 0.15) is 11.9 Å². The quantitative estimate of drug-likeness (QED) is 0.609.